The highest BCUT2D eigenvalue weighted by atomic mass is 16.6. The van der Waals surface area contributed by atoms with Crippen molar-refractivity contribution < 1.29 is 19.1 Å². The largest absolute Gasteiger partial charge is 0.454 e. The molecule has 0 fully saturated rings. The molecule has 1 atom stereocenters. The zero-order valence-electron chi connectivity index (χ0n) is 13.3. The van der Waals surface area contributed by atoms with Gasteiger partial charge in [-0.15, -0.1) is 0 Å². The summed E-state index contributed by atoms with van der Waals surface area (Å²) in [7, 11) is 0. The lowest BCUT2D eigenvalue weighted by Gasteiger charge is -2.19. The van der Waals surface area contributed by atoms with Crippen molar-refractivity contribution in [3.63, 3.8) is 0 Å². The Balaban J connectivity index is 1.97. The van der Waals surface area contributed by atoms with Crippen LogP contribution in [0.2, 0.25) is 0 Å². The molecular formula is C17H21NO4. The van der Waals surface area contributed by atoms with Crippen LogP contribution in [0.4, 0.5) is 0 Å². The van der Waals surface area contributed by atoms with E-state index in [-0.39, 0.29) is 0 Å². The Morgan fingerprint density at radius 2 is 1.86 bits per heavy atom. The number of aromatic nitrogens is 1. The Kier molecular flexibility index (Phi) is 4.54. The predicted octanol–water partition coefficient (Wildman–Crippen LogP) is 2.98. The van der Waals surface area contributed by atoms with Gasteiger partial charge in [-0.05, 0) is 39.3 Å². The van der Waals surface area contributed by atoms with Crippen LogP contribution in [-0.2, 0) is 25.5 Å². The number of rotatable bonds is 3. The quantitative estimate of drug-likeness (QED) is 0.699. The summed E-state index contributed by atoms with van der Waals surface area (Å²) in [5.41, 5.74) is 1.36. The summed E-state index contributed by atoms with van der Waals surface area (Å²) in [6.45, 7) is 6.86. The summed E-state index contributed by atoms with van der Waals surface area (Å²) in [5, 5.41) is 1.09. The monoisotopic (exact) mass is 303 g/mol. The summed E-state index contributed by atoms with van der Waals surface area (Å²) in [6.07, 6.45) is 2.00. The fraction of sp³-hybridized carbons (Fsp3) is 0.412. The Labute approximate surface area is 129 Å². The van der Waals surface area contributed by atoms with E-state index >= 15 is 0 Å². The van der Waals surface area contributed by atoms with Crippen LogP contribution in [-0.4, -0.2) is 28.6 Å². The molecular weight excluding hydrogens is 282 g/mol. The van der Waals surface area contributed by atoms with E-state index < -0.39 is 23.6 Å². The van der Waals surface area contributed by atoms with Crippen LogP contribution in [0.1, 0.15) is 33.3 Å². The molecule has 0 aliphatic rings. The van der Waals surface area contributed by atoms with Gasteiger partial charge in [0.2, 0.25) is 0 Å². The van der Waals surface area contributed by atoms with E-state index in [1.54, 1.807) is 27.7 Å². The van der Waals surface area contributed by atoms with E-state index in [2.05, 4.69) is 4.98 Å². The fourth-order valence-corrected chi connectivity index (χ4v) is 2.20. The molecule has 0 aliphatic carbocycles. The van der Waals surface area contributed by atoms with E-state index in [4.69, 9.17) is 9.47 Å². The second-order valence-electron chi connectivity index (χ2n) is 6.28. The van der Waals surface area contributed by atoms with Crippen LogP contribution in [0.3, 0.4) is 0 Å². The molecule has 0 bridgehead atoms. The van der Waals surface area contributed by atoms with Gasteiger partial charge in [-0.1, -0.05) is 18.2 Å². The van der Waals surface area contributed by atoms with Crippen LogP contribution in [0, 0.1) is 0 Å². The maximum absolute atomic E-state index is 11.7. The fourth-order valence-electron chi connectivity index (χ4n) is 2.20. The van der Waals surface area contributed by atoms with Crippen molar-refractivity contribution in [2.75, 3.05) is 0 Å². The first-order valence-corrected chi connectivity index (χ1v) is 7.25. The van der Waals surface area contributed by atoms with Crippen molar-refractivity contribution in [3.05, 3.63) is 36.0 Å². The van der Waals surface area contributed by atoms with Gasteiger partial charge in [0.25, 0.3) is 0 Å². The first-order valence-electron chi connectivity index (χ1n) is 7.25. The van der Waals surface area contributed by atoms with E-state index in [0.29, 0.717) is 6.42 Å². The van der Waals surface area contributed by atoms with E-state index in [9.17, 15) is 9.59 Å². The highest BCUT2D eigenvalue weighted by Gasteiger charge is 2.26. The van der Waals surface area contributed by atoms with E-state index in [1.165, 1.54) is 0 Å². The lowest BCUT2D eigenvalue weighted by atomic mass is 10.1. The van der Waals surface area contributed by atoms with Gasteiger partial charge in [-0.2, -0.15) is 0 Å². The van der Waals surface area contributed by atoms with Crippen LogP contribution in [0.25, 0.3) is 10.9 Å². The SMILES string of the molecule is CC(Cc1c[nH]c2ccccc12)OC(=O)C(=O)OC(C)(C)C. The second kappa shape index (κ2) is 6.22. The smallest absolute Gasteiger partial charge is 0.418 e. The van der Waals surface area contributed by atoms with Crippen LogP contribution < -0.4 is 0 Å². The Morgan fingerprint density at radius 1 is 1.18 bits per heavy atom. The number of hydrogen-bond donors (Lipinski definition) is 1. The molecule has 1 aromatic heterocycles. The Bertz CT molecular complexity index is 681. The molecule has 1 heterocycles. The van der Waals surface area contributed by atoms with E-state index in [1.807, 2.05) is 30.5 Å². The highest BCUT2D eigenvalue weighted by Crippen LogP contribution is 2.20. The molecule has 5 nitrogen and oxygen atoms in total. The summed E-state index contributed by atoms with van der Waals surface area (Å²) < 4.78 is 10.1. The molecule has 118 valence electrons. The number of fused-ring (bicyclic) bond motifs is 1. The van der Waals surface area contributed by atoms with Gasteiger partial charge in [-0.25, -0.2) is 9.59 Å². The number of benzene rings is 1. The molecule has 0 saturated carbocycles. The number of ether oxygens (including phenoxy) is 2. The molecule has 22 heavy (non-hydrogen) atoms. The van der Waals surface area contributed by atoms with Crippen molar-refractivity contribution >= 4 is 22.8 Å². The summed E-state index contributed by atoms with van der Waals surface area (Å²) in [5.74, 6) is -1.92. The summed E-state index contributed by atoms with van der Waals surface area (Å²) in [6, 6.07) is 7.89. The summed E-state index contributed by atoms with van der Waals surface area (Å²) in [4.78, 5) is 26.5. The van der Waals surface area contributed by atoms with Crippen LogP contribution in [0.5, 0.6) is 0 Å². The number of carbonyl (C=O) groups is 2. The van der Waals surface area contributed by atoms with Gasteiger partial charge in [0.1, 0.15) is 11.7 Å². The first-order chi connectivity index (χ1) is 10.3. The molecule has 0 aliphatic heterocycles. The normalized spacial score (nSPS) is 12.9. The van der Waals surface area contributed by atoms with Crippen molar-refractivity contribution in [3.8, 4) is 0 Å². The molecule has 2 aromatic rings. The molecule has 0 saturated heterocycles. The topological polar surface area (TPSA) is 68.4 Å². The Morgan fingerprint density at radius 3 is 2.55 bits per heavy atom. The lowest BCUT2D eigenvalue weighted by Crippen LogP contribution is -2.32. The lowest BCUT2D eigenvalue weighted by molar-refractivity contribution is -0.177. The number of hydrogen-bond acceptors (Lipinski definition) is 4. The van der Waals surface area contributed by atoms with Gasteiger partial charge in [0.15, 0.2) is 0 Å². The molecule has 0 radical (unpaired) electrons. The number of aromatic amines is 1. The Hall–Kier alpha value is -2.30. The zero-order valence-corrected chi connectivity index (χ0v) is 13.3. The number of carbonyl (C=O) groups excluding carboxylic acids is 2. The zero-order chi connectivity index (χ0) is 16.3. The minimum absolute atomic E-state index is 0.417. The highest BCUT2D eigenvalue weighted by molar-refractivity contribution is 6.29. The average molecular weight is 303 g/mol. The third kappa shape index (κ3) is 4.10. The van der Waals surface area contributed by atoms with Crippen LogP contribution in [0.15, 0.2) is 30.5 Å². The third-order valence-corrected chi connectivity index (χ3v) is 3.06. The molecule has 1 unspecified atom stereocenters. The third-order valence-electron chi connectivity index (χ3n) is 3.06. The molecule has 5 heteroatoms. The van der Waals surface area contributed by atoms with Crippen molar-refractivity contribution in [1.82, 2.24) is 4.98 Å². The van der Waals surface area contributed by atoms with Gasteiger partial charge in [-0.3, -0.25) is 0 Å². The number of H-pyrrole nitrogens is 1. The minimum atomic E-state index is -0.960. The van der Waals surface area contributed by atoms with Gasteiger partial charge < -0.3 is 14.5 Å². The standard InChI is InChI=1S/C17H21NO4/c1-11(21-15(19)16(20)22-17(2,3)4)9-12-10-18-14-8-6-5-7-13(12)14/h5-8,10-11,18H,9H2,1-4H3. The molecule has 1 aromatic carbocycles. The van der Waals surface area contributed by atoms with Crippen molar-refractivity contribution in [2.24, 2.45) is 0 Å². The van der Waals surface area contributed by atoms with Gasteiger partial charge in [0.05, 0.1) is 0 Å². The first kappa shape index (κ1) is 16.1. The molecule has 1 N–H and O–H groups in total. The van der Waals surface area contributed by atoms with Gasteiger partial charge in [0, 0.05) is 23.5 Å². The maximum atomic E-state index is 11.7. The molecule has 2 rings (SSSR count). The average Bonchev–Trinajstić information content (AvgIpc) is 2.80. The van der Waals surface area contributed by atoms with Gasteiger partial charge >= 0.3 is 11.9 Å². The van der Waals surface area contributed by atoms with E-state index in [0.717, 1.165) is 16.5 Å². The summed E-state index contributed by atoms with van der Waals surface area (Å²) >= 11 is 0. The van der Waals surface area contributed by atoms with Crippen molar-refractivity contribution in [1.29, 1.82) is 0 Å². The molecule has 0 spiro atoms. The second-order valence-corrected chi connectivity index (χ2v) is 6.28. The maximum Gasteiger partial charge on any atom is 0.418 e. The number of para-hydroxylation sites is 1. The minimum Gasteiger partial charge on any atom is -0.454 e. The number of nitrogens with one attached hydrogen (secondary N) is 1. The predicted molar refractivity (Wildman–Crippen MR) is 83.4 cm³/mol. The van der Waals surface area contributed by atoms with Crippen molar-refractivity contribution in [2.45, 2.75) is 45.8 Å². The van der Waals surface area contributed by atoms with Crippen LogP contribution >= 0.6 is 0 Å². The molecule has 0 amide bonds. The number of esters is 2.